The zero-order chi connectivity index (χ0) is 18.8. The Morgan fingerprint density at radius 3 is 2.50 bits per heavy atom. The summed E-state index contributed by atoms with van der Waals surface area (Å²) in [4.78, 5) is 25.1. The van der Waals surface area contributed by atoms with Gasteiger partial charge in [-0.2, -0.15) is 0 Å². The fourth-order valence-electron chi connectivity index (χ4n) is 2.64. The van der Waals surface area contributed by atoms with Gasteiger partial charge in [-0.3, -0.25) is 9.36 Å². The van der Waals surface area contributed by atoms with E-state index in [1.54, 1.807) is 6.07 Å². The molecule has 0 aliphatic rings. The second kappa shape index (κ2) is 7.21. The highest BCUT2D eigenvalue weighted by atomic mass is 35.5. The van der Waals surface area contributed by atoms with Crippen LogP contribution in [0.1, 0.15) is 22.8 Å². The van der Waals surface area contributed by atoms with Crippen molar-refractivity contribution < 1.29 is 9.18 Å². The third-order valence-corrected chi connectivity index (χ3v) is 4.39. The number of nitrogens with zero attached hydrogens (tertiary/aromatic N) is 4. The molecule has 0 saturated carbocycles. The van der Waals surface area contributed by atoms with Crippen molar-refractivity contribution in [1.29, 1.82) is 0 Å². The molecule has 2 aromatic heterocycles. The van der Waals surface area contributed by atoms with E-state index in [-0.39, 0.29) is 17.0 Å². The van der Waals surface area contributed by atoms with Crippen LogP contribution in [0.15, 0.2) is 30.6 Å². The van der Waals surface area contributed by atoms with E-state index in [0.717, 1.165) is 17.2 Å². The monoisotopic (exact) mass is 373 g/mol. The van der Waals surface area contributed by atoms with Gasteiger partial charge in [-0.1, -0.05) is 17.7 Å². The normalized spacial score (nSPS) is 10.8. The molecule has 134 valence electrons. The Morgan fingerprint density at radius 2 is 1.92 bits per heavy atom. The molecule has 3 rings (SSSR count). The summed E-state index contributed by atoms with van der Waals surface area (Å²) in [5.41, 5.74) is 2.43. The van der Waals surface area contributed by atoms with Crippen LogP contribution in [-0.4, -0.2) is 25.4 Å². The second-order valence-corrected chi connectivity index (χ2v) is 6.27. The zero-order valence-electron chi connectivity index (χ0n) is 14.5. The summed E-state index contributed by atoms with van der Waals surface area (Å²) in [6.45, 7) is 5.73. The molecule has 26 heavy (non-hydrogen) atoms. The lowest BCUT2D eigenvalue weighted by molar-refractivity contribution is -0.115. The van der Waals surface area contributed by atoms with Crippen LogP contribution < -0.4 is 5.32 Å². The van der Waals surface area contributed by atoms with Crippen LogP contribution in [0, 0.1) is 26.6 Å². The van der Waals surface area contributed by atoms with Gasteiger partial charge in [0, 0.05) is 16.3 Å². The predicted octanol–water partition coefficient (Wildman–Crippen LogP) is 3.56. The molecule has 0 spiro atoms. The molecule has 6 nitrogen and oxygen atoms in total. The SMILES string of the molecule is Cc1nc(C)n(-c2ncc(NC(=O)Cc3c(F)cccc3Cl)cn2)c1C. The molecule has 3 aromatic rings. The Balaban J connectivity index is 1.74. The van der Waals surface area contributed by atoms with Crippen molar-refractivity contribution in [3.8, 4) is 5.95 Å². The molecule has 0 aliphatic heterocycles. The fraction of sp³-hybridized carbons (Fsp3) is 0.222. The standard InChI is InChI=1S/C18H17ClFN5O/c1-10-11(2)25(12(3)23-10)18-21-8-13(9-22-18)24-17(26)7-14-15(19)5-4-6-16(14)20/h4-6,8-9H,7H2,1-3H3,(H,24,26). The molecule has 0 fully saturated rings. The number of imidazole rings is 1. The molecule has 0 unspecified atom stereocenters. The van der Waals surface area contributed by atoms with Gasteiger partial charge in [-0.05, 0) is 32.9 Å². The van der Waals surface area contributed by atoms with Gasteiger partial charge in [-0.25, -0.2) is 19.3 Å². The Kier molecular flexibility index (Phi) is 4.99. The average molecular weight is 374 g/mol. The molecule has 0 atom stereocenters. The fourth-order valence-corrected chi connectivity index (χ4v) is 2.87. The second-order valence-electron chi connectivity index (χ2n) is 5.86. The largest absolute Gasteiger partial charge is 0.323 e. The number of aryl methyl sites for hydroxylation is 2. The summed E-state index contributed by atoms with van der Waals surface area (Å²) in [6.07, 6.45) is 2.82. The maximum atomic E-state index is 13.8. The molecule has 1 amide bonds. The Labute approximate surface area is 155 Å². The van der Waals surface area contributed by atoms with Crippen molar-refractivity contribution >= 4 is 23.2 Å². The first-order valence-corrected chi connectivity index (χ1v) is 8.32. The minimum absolute atomic E-state index is 0.157. The van der Waals surface area contributed by atoms with Crippen LogP contribution in [0.5, 0.6) is 0 Å². The van der Waals surface area contributed by atoms with Crippen molar-refractivity contribution in [2.75, 3.05) is 5.32 Å². The zero-order valence-corrected chi connectivity index (χ0v) is 15.3. The molecule has 1 N–H and O–H groups in total. The van der Waals surface area contributed by atoms with E-state index in [4.69, 9.17) is 11.6 Å². The third kappa shape index (κ3) is 3.57. The van der Waals surface area contributed by atoms with Gasteiger partial charge >= 0.3 is 0 Å². The summed E-state index contributed by atoms with van der Waals surface area (Å²) in [7, 11) is 0. The Hall–Kier alpha value is -2.80. The number of amides is 1. The van der Waals surface area contributed by atoms with Crippen molar-refractivity contribution in [1.82, 2.24) is 19.5 Å². The van der Waals surface area contributed by atoms with Crippen LogP contribution in [0.3, 0.4) is 0 Å². The molecule has 0 bridgehead atoms. The van der Waals surface area contributed by atoms with E-state index >= 15 is 0 Å². The summed E-state index contributed by atoms with van der Waals surface area (Å²) < 4.78 is 15.6. The first-order chi connectivity index (χ1) is 12.4. The number of anilines is 1. The van der Waals surface area contributed by atoms with Gasteiger partial charge < -0.3 is 5.32 Å². The van der Waals surface area contributed by atoms with E-state index in [0.29, 0.717) is 11.6 Å². The summed E-state index contributed by atoms with van der Waals surface area (Å²) in [6, 6.07) is 4.31. The number of rotatable bonds is 4. The van der Waals surface area contributed by atoms with E-state index in [9.17, 15) is 9.18 Å². The molecule has 0 radical (unpaired) electrons. The van der Waals surface area contributed by atoms with E-state index in [1.165, 1.54) is 24.5 Å². The lowest BCUT2D eigenvalue weighted by Gasteiger charge is -2.09. The summed E-state index contributed by atoms with van der Waals surface area (Å²) in [5.74, 6) is 0.335. The lowest BCUT2D eigenvalue weighted by Crippen LogP contribution is -2.16. The quantitative estimate of drug-likeness (QED) is 0.758. The van der Waals surface area contributed by atoms with Crippen LogP contribution in [0.4, 0.5) is 10.1 Å². The molecular formula is C18H17ClFN5O. The molecule has 1 aromatic carbocycles. The van der Waals surface area contributed by atoms with Crippen LogP contribution in [-0.2, 0) is 11.2 Å². The number of carbonyl (C=O) groups is 1. The number of nitrogens with one attached hydrogen (secondary N) is 1. The number of benzene rings is 1. The van der Waals surface area contributed by atoms with E-state index in [2.05, 4.69) is 20.3 Å². The van der Waals surface area contributed by atoms with Gasteiger partial charge in [0.2, 0.25) is 11.9 Å². The van der Waals surface area contributed by atoms with E-state index in [1.807, 2.05) is 25.3 Å². The van der Waals surface area contributed by atoms with Crippen LogP contribution in [0.2, 0.25) is 5.02 Å². The third-order valence-electron chi connectivity index (χ3n) is 4.03. The van der Waals surface area contributed by atoms with Gasteiger partial charge in [0.15, 0.2) is 0 Å². The van der Waals surface area contributed by atoms with Crippen LogP contribution >= 0.6 is 11.6 Å². The maximum Gasteiger partial charge on any atom is 0.235 e. The number of halogens is 2. The Morgan fingerprint density at radius 1 is 1.23 bits per heavy atom. The average Bonchev–Trinajstić information content (AvgIpc) is 2.84. The molecular weight excluding hydrogens is 357 g/mol. The van der Waals surface area contributed by atoms with Gasteiger partial charge in [0.25, 0.3) is 0 Å². The van der Waals surface area contributed by atoms with Crippen LogP contribution in [0.25, 0.3) is 5.95 Å². The highest BCUT2D eigenvalue weighted by Gasteiger charge is 2.14. The highest BCUT2D eigenvalue weighted by molar-refractivity contribution is 6.31. The minimum atomic E-state index is -0.513. The maximum absolute atomic E-state index is 13.8. The minimum Gasteiger partial charge on any atom is -0.323 e. The first-order valence-electron chi connectivity index (χ1n) is 7.94. The molecule has 0 aliphatic carbocycles. The topological polar surface area (TPSA) is 72.7 Å². The number of aromatic nitrogens is 4. The van der Waals surface area contributed by atoms with Crippen molar-refractivity contribution in [3.05, 3.63) is 64.2 Å². The summed E-state index contributed by atoms with van der Waals surface area (Å²) in [5, 5.41) is 2.86. The van der Waals surface area contributed by atoms with E-state index < -0.39 is 11.7 Å². The van der Waals surface area contributed by atoms with Crippen molar-refractivity contribution in [2.45, 2.75) is 27.2 Å². The number of hydrogen-bond acceptors (Lipinski definition) is 4. The highest BCUT2D eigenvalue weighted by Crippen LogP contribution is 2.20. The Bertz CT molecular complexity index is 948. The molecule has 8 heteroatoms. The smallest absolute Gasteiger partial charge is 0.235 e. The van der Waals surface area contributed by atoms with Crippen molar-refractivity contribution in [3.63, 3.8) is 0 Å². The first kappa shape index (κ1) is 18.0. The molecule has 0 saturated heterocycles. The van der Waals surface area contributed by atoms with Gasteiger partial charge in [-0.15, -0.1) is 0 Å². The molecule has 2 heterocycles. The van der Waals surface area contributed by atoms with Gasteiger partial charge in [0.05, 0.1) is 30.2 Å². The van der Waals surface area contributed by atoms with Gasteiger partial charge in [0.1, 0.15) is 11.6 Å². The lowest BCUT2D eigenvalue weighted by atomic mass is 10.1. The number of hydrogen-bond donors (Lipinski definition) is 1. The predicted molar refractivity (Wildman–Crippen MR) is 97.1 cm³/mol. The summed E-state index contributed by atoms with van der Waals surface area (Å²) >= 11 is 5.94. The number of carbonyl (C=O) groups excluding carboxylic acids is 1. The van der Waals surface area contributed by atoms with Crippen molar-refractivity contribution in [2.24, 2.45) is 0 Å².